The minimum absolute atomic E-state index is 0.0487. The van der Waals surface area contributed by atoms with E-state index < -0.39 is 0 Å². The highest BCUT2D eigenvalue weighted by atomic mass is 32.1. The van der Waals surface area contributed by atoms with Crippen LogP contribution in [-0.4, -0.2) is 23.8 Å². The lowest BCUT2D eigenvalue weighted by Crippen LogP contribution is -2.07. The molecule has 2 aromatic carbocycles. The molecule has 0 spiro atoms. The van der Waals surface area contributed by atoms with Crippen molar-refractivity contribution in [1.29, 1.82) is 0 Å². The molecule has 1 atom stereocenters. The molecule has 5 nitrogen and oxygen atoms in total. The van der Waals surface area contributed by atoms with Crippen LogP contribution in [0, 0.1) is 0 Å². The van der Waals surface area contributed by atoms with Gasteiger partial charge in [-0.1, -0.05) is 42.5 Å². The Balaban J connectivity index is 1.58. The Bertz CT molecular complexity index is 914. The van der Waals surface area contributed by atoms with Gasteiger partial charge in [0.15, 0.2) is 0 Å². The number of aromatic nitrogens is 1. The van der Waals surface area contributed by atoms with Crippen LogP contribution < -0.4 is 14.3 Å². The lowest BCUT2D eigenvalue weighted by molar-refractivity contribution is 0.295. The van der Waals surface area contributed by atoms with E-state index in [1.807, 2.05) is 42.5 Å². The molecule has 6 heteroatoms. The summed E-state index contributed by atoms with van der Waals surface area (Å²) in [5.74, 6) is 1.82. The summed E-state index contributed by atoms with van der Waals surface area (Å²) >= 11 is 1.03. The average Bonchev–Trinajstić information content (AvgIpc) is 2.97. The zero-order valence-electron chi connectivity index (χ0n) is 14.7. The predicted molar refractivity (Wildman–Crippen MR) is 103 cm³/mol. The summed E-state index contributed by atoms with van der Waals surface area (Å²) < 4.78 is 11.1. The summed E-state index contributed by atoms with van der Waals surface area (Å²) in [7, 11) is 1.66. The quantitative estimate of drug-likeness (QED) is 0.660. The van der Waals surface area contributed by atoms with Gasteiger partial charge >= 0.3 is 4.87 Å². The third kappa shape index (κ3) is 4.46. The molecule has 1 aromatic heterocycles. The number of H-pyrrole nitrogens is 1. The Morgan fingerprint density at radius 3 is 2.58 bits per heavy atom. The van der Waals surface area contributed by atoms with E-state index in [2.05, 4.69) is 18.0 Å². The molecule has 1 unspecified atom stereocenters. The van der Waals surface area contributed by atoms with E-state index in [1.165, 1.54) is 5.56 Å². The van der Waals surface area contributed by atoms with Crippen molar-refractivity contribution in [2.24, 2.45) is 0 Å². The first kappa shape index (κ1) is 18.1. The number of benzene rings is 2. The number of hydrogen-bond donors (Lipinski definition) is 2. The maximum atomic E-state index is 11.2. The van der Waals surface area contributed by atoms with Crippen LogP contribution in [0.15, 0.2) is 53.3 Å². The second kappa shape index (κ2) is 8.10. The van der Waals surface area contributed by atoms with Gasteiger partial charge in [0.25, 0.3) is 0 Å². The molecule has 3 rings (SSSR count). The highest BCUT2D eigenvalue weighted by Gasteiger charge is 2.09. The number of aromatic amines is 1. The largest absolute Gasteiger partial charge is 0.497 e. The maximum Gasteiger partial charge on any atom is 0.307 e. The molecular weight excluding hydrogens is 350 g/mol. The van der Waals surface area contributed by atoms with Gasteiger partial charge in [-0.15, -0.1) is 0 Å². The molecule has 3 aromatic rings. The monoisotopic (exact) mass is 371 g/mol. The number of ether oxygens (including phenoxy) is 2. The number of thiazole rings is 1. The highest BCUT2D eigenvalue weighted by Crippen LogP contribution is 2.24. The molecule has 0 fully saturated rings. The third-order valence-corrected chi connectivity index (χ3v) is 5.02. The van der Waals surface area contributed by atoms with Crippen LogP contribution in [0.5, 0.6) is 17.4 Å². The van der Waals surface area contributed by atoms with Crippen LogP contribution in [0.25, 0.3) is 0 Å². The van der Waals surface area contributed by atoms with Gasteiger partial charge in [0.2, 0.25) is 5.88 Å². The lowest BCUT2D eigenvalue weighted by Gasteiger charge is -2.14. The van der Waals surface area contributed by atoms with Crippen molar-refractivity contribution >= 4 is 11.3 Å². The summed E-state index contributed by atoms with van der Waals surface area (Å²) in [6.45, 7) is 2.67. The Kier molecular flexibility index (Phi) is 5.63. The van der Waals surface area contributed by atoms with Crippen molar-refractivity contribution in [2.75, 3.05) is 13.7 Å². The van der Waals surface area contributed by atoms with Crippen LogP contribution in [0.2, 0.25) is 0 Å². The molecule has 0 saturated carbocycles. The van der Waals surface area contributed by atoms with Crippen LogP contribution in [0.3, 0.4) is 0 Å². The average molecular weight is 371 g/mol. The van der Waals surface area contributed by atoms with E-state index in [-0.39, 0.29) is 16.7 Å². The highest BCUT2D eigenvalue weighted by molar-refractivity contribution is 7.09. The molecule has 26 heavy (non-hydrogen) atoms. The van der Waals surface area contributed by atoms with E-state index in [9.17, 15) is 9.90 Å². The van der Waals surface area contributed by atoms with Crippen LogP contribution in [0.4, 0.5) is 0 Å². The second-order valence-electron chi connectivity index (χ2n) is 6.10. The SMILES string of the molecule is COc1cccc(C(C)COc2ccc(Cc3sc(=O)[nH]c3O)cc2)c1. The van der Waals surface area contributed by atoms with E-state index in [1.54, 1.807) is 7.11 Å². The minimum atomic E-state index is -0.246. The number of aromatic hydroxyl groups is 1. The van der Waals surface area contributed by atoms with Crippen LogP contribution in [-0.2, 0) is 6.42 Å². The molecular formula is C20H21NO4S. The molecule has 1 heterocycles. The van der Waals surface area contributed by atoms with Crippen molar-refractivity contribution in [3.63, 3.8) is 0 Å². The summed E-state index contributed by atoms with van der Waals surface area (Å²) in [4.78, 5) is 14.0. The molecule has 0 bridgehead atoms. The standard InChI is InChI=1S/C20H21NO4S/c1-13(15-4-3-5-17(11-15)24-2)12-25-16-8-6-14(7-9-16)10-18-19(22)21-20(23)26-18/h3-9,11,13,22H,10,12H2,1-2H3,(H,21,23). The summed E-state index contributed by atoms with van der Waals surface area (Å²) in [6, 6.07) is 15.7. The molecule has 0 aliphatic rings. The summed E-state index contributed by atoms with van der Waals surface area (Å²) in [5, 5.41) is 9.66. The Morgan fingerprint density at radius 2 is 1.92 bits per heavy atom. The first-order valence-corrected chi connectivity index (χ1v) is 9.13. The number of methoxy groups -OCH3 is 1. The van der Waals surface area contributed by atoms with Crippen molar-refractivity contribution in [1.82, 2.24) is 4.98 Å². The maximum absolute atomic E-state index is 11.2. The van der Waals surface area contributed by atoms with Crippen molar-refractivity contribution in [3.05, 3.63) is 74.2 Å². The van der Waals surface area contributed by atoms with Gasteiger partial charge in [-0.05, 0) is 35.4 Å². The first-order valence-electron chi connectivity index (χ1n) is 8.32. The number of rotatable bonds is 7. The smallest absolute Gasteiger partial charge is 0.307 e. The predicted octanol–water partition coefficient (Wildman–Crippen LogP) is 3.92. The van der Waals surface area contributed by atoms with Gasteiger partial charge in [0, 0.05) is 12.3 Å². The van der Waals surface area contributed by atoms with Gasteiger partial charge in [0.1, 0.15) is 11.5 Å². The number of nitrogens with one attached hydrogen (secondary N) is 1. The fourth-order valence-electron chi connectivity index (χ4n) is 2.63. The molecule has 2 N–H and O–H groups in total. The molecule has 136 valence electrons. The van der Waals surface area contributed by atoms with Crippen LogP contribution in [0.1, 0.15) is 28.8 Å². The molecule has 0 aliphatic heterocycles. The zero-order valence-corrected chi connectivity index (χ0v) is 15.5. The van der Waals surface area contributed by atoms with E-state index in [0.29, 0.717) is 17.9 Å². The fourth-order valence-corrected chi connectivity index (χ4v) is 3.38. The molecule has 0 saturated heterocycles. The van der Waals surface area contributed by atoms with Gasteiger partial charge in [0.05, 0.1) is 18.6 Å². The van der Waals surface area contributed by atoms with Crippen LogP contribution >= 0.6 is 11.3 Å². The normalized spacial score (nSPS) is 11.9. The zero-order chi connectivity index (χ0) is 18.5. The third-order valence-electron chi connectivity index (χ3n) is 4.15. The topological polar surface area (TPSA) is 71.5 Å². The second-order valence-corrected chi connectivity index (χ2v) is 7.16. The van der Waals surface area contributed by atoms with Gasteiger partial charge < -0.3 is 14.6 Å². The van der Waals surface area contributed by atoms with E-state index in [4.69, 9.17) is 9.47 Å². The number of hydrogen-bond acceptors (Lipinski definition) is 5. The van der Waals surface area contributed by atoms with Crippen molar-refractivity contribution in [2.45, 2.75) is 19.3 Å². The summed E-state index contributed by atoms with van der Waals surface area (Å²) in [5.41, 5.74) is 2.17. The van der Waals surface area contributed by atoms with Crippen molar-refractivity contribution in [3.8, 4) is 17.4 Å². The van der Waals surface area contributed by atoms with Gasteiger partial charge in [-0.25, -0.2) is 0 Å². The Morgan fingerprint density at radius 1 is 1.15 bits per heavy atom. The molecule has 0 aliphatic carbocycles. The summed E-state index contributed by atoms with van der Waals surface area (Å²) in [6.07, 6.45) is 0.510. The van der Waals surface area contributed by atoms with Gasteiger partial charge in [-0.2, -0.15) is 0 Å². The van der Waals surface area contributed by atoms with Gasteiger partial charge in [-0.3, -0.25) is 9.78 Å². The molecule has 0 amide bonds. The first-order chi connectivity index (χ1) is 12.5. The Labute approximate surface area is 155 Å². The fraction of sp³-hybridized carbons (Fsp3) is 0.250. The van der Waals surface area contributed by atoms with E-state index >= 15 is 0 Å². The van der Waals surface area contributed by atoms with Crippen molar-refractivity contribution < 1.29 is 14.6 Å². The minimum Gasteiger partial charge on any atom is -0.497 e. The van der Waals surface area contributed by atoms with E-state index in [0.717, 1.165) is 28.4 Å². The lowest BCUT2D eigenvalue weighted by atomic mass is 10.0. The molecule has 0 radical (unpaired) electrons. The Hall–Kier alpha value is -2.73.